The molecule has 0 spiro atoms. The van der Waals surface area contributed by atoms with E-state index in [2.05, 4.69) is 46.6 Å². The first-order valence-electron chi connectivity index (χ1n) is 9.62. The molecule has 1 aromatic carbocycles. The zero-order valence-corrected chi connectivity index (χ0v) is 16.6. The smallest absolute Gasteiger partial charge is 0.220 e. The van der Waals surface area contributed by atoms with Crippen molar-refractivity contribution in [3.63, 3.8) is 0 Å². The van der Waals surface area contributed by atoms with E-state index >= 15 is 0 Å². The number of nitrogens with one attached hydrogen (secondary N) is 1. The van der Waals surface area contributed by atoms with E-state index < -0.39 is 0 Å². The van der Waals surface area contributed by atoms with Gasteiger partial charge in [-0.15, -0.1) is 11.3 Å². The number of carbonyl (C=O) groups excluding carboxylic acids is 1. The van der Waals surface area contributed by atoms with Crippen LogP contribution in [-0.2, 0) is 11.2 Å². The van der Waals surface area contributed by atoms with Gasteiger partial charge < -0.3 is 5.32 Å². The van der Waals surface area contributed by atoms with Gasteiger partial charge in [0.25, 0.3) is 0 Å². The zero-order chi connectivity index (χ0) is 18.4. The normalized spacial score (nSPS) is 17.2. The average molecular weight is 372 g/mol. The van der Waals surface area contributed by atoms with Crippen LogP contribution in [-0.4, -0.2) is 41.5 Å². The Hall–Kier alpha value is -1.72. The quantitative estimate of drug-likeness (QED) is 0.801. The van der Waals surface area contributed by atoms with Crippen LogP contribution in [0.2, 0.25) is 0 Å². The Labute approximate surface area is 160 Å². The summed E-state index contributed by atoms with van der Waals surface area (Å²) in [6.45, 7) is 7.58. The molecule has 0 aliphatic carbocycles. The number of aryl methyl sites for hydroxylation is 1. The molecule has 1 amide bonds. The number of benzene rings is 1. The third kappa shape index (κ3) is 5.39. The van der Waals surface area contributed by atoms with Gasteiger partial charge in [0.2, 0.25) is 5.91 Å². The topological polar surface area (TPSA) is 45.2 Å². The average Bonchev–Trinajstić information content (AvgIpc) is 3.15. The lowest BCUT2D eigenvalue weighted by Gasteiger charge is -2.35. The van der Waals surface area contributed by atoms with E-state index in [1.165, 1.54) is 12.8 Å². The first-order valence-corrected chi connectivity index (χ1v) is 10.5. The second-order valence-electron chi connectivity index (χ2n) is 7.36. The Balaban J connectivity index is 1.40. The highest BCUT2D eigenvalue weighted by molar-refractivity contribution is 7.09. The van der Waals surface area contributed by atoms with Crippen molar-refractivity contribution < 1.29 is 4.79 Å². The van der Waals surface area contributed by atoms with Gasteiger partial charge in [0.05, 0.1) is 10.7 Å². The van der Waals surface area contributed by atoms with Crippen molar-refractivity contribution in [3.05, 3.63) is 40.7 Å². The molecular weight excluding hydrogens is 342 g/mol. The van der Waals surface area contributed by atoms with Gasteiger partial charge in [0.15, 0.2) is 0 Å². The maximum Gasteiger partial charge on any atom is 0.220 e. The fraction of sp³-hybridized carbons (Fsp3) is 0.524. The largest absolute Gasteiger partial charge is 0.355 e. The predicted octanol–water partition coefficient (Wildman–Crippen LogP) is 3.98. The molecule has 5 heteroatoms. The summed E-state index contributed by atoms with van der Waals surface area (Å²) in [5, 5.41) is 6.19. The van der Waals surface area contributed by atoms with Crippen molar-refractivity contribution in [3.8, 4) is 11.3 Å². The van der Waals surface area contributed by atoms with Crippen LogP contribution in [0, 0.1) is 5.92 Å². The molecule has 0 bridgehead atoms. The van der Waals surface area contributed by atoms with Gasteiger partial charge in [-0.1, -0.05) is 37.3 Å². The Morgan fingerprint density at radius 1 is 1.31 bits per heavy atom. The number of rotatable bonds is 7. The molecule has 26 heavy (non-hydrogen) atoms. The van der Waals surface area contributed by atoms with E-state index in [0.717, 1.165) is 41.8 Å². The van der Waals surface area contributed by atoms with Gasteiger partial charge >= 0.3 is 0 Å². The van der Waals surface area contributed by atoms with Gasteiger partial charge in [0.1, 0.15) is 0 Å². The highest BCUT2D eigenvalue weighted by Gasteiger charge is 2.20. The van der Waals surface area contributed by atoms with Crippen molar-refractivity contribution in [2.24, 2.45) is 5.92 Å². The Morgan fingerprint density at radius 2 is 2.04 bits per heavy atom. The second kappa shape index (κ2) is 9.28. The van der Waals surface area contributed by atoms with Crippen LogP contribution in [0.3, 0.4) is 0 Å². The fourth-order valence-electron chi connectivity index (χ4n) is 3.34. The first kappa shape index (κ1) is 19.1. The molecule has 2 aromatic rings. The predicted molar refractivity (Wildman–Crippen MR) is 108 cm³/mol. The molecule has 1 aliphatic heterocycles. The SMILES string of the molecule is CC1CCN(C(C)CNC(=O)CCc2nc(-c3ccccc3)cs2)CC1. The van der Waals surface area contributed by atoms with Crippen molar-refractivity contribution in [1.82, 2.24) is 15.2 Å². The minimum absolute atomic E-state index is 0.124. The molecule has 1 fully saturated rings. The number of likely N-dealkylation sites (tertiary alicyclic amines) is 1. The van der Waals surface area contributed by atoms with Crippen molar-refractivity contribution >= 4 is 17.2 Å². The van der Waals surface area contributed by atoms with Gasteiger partial charge in [-0.3, -0.25) is 9.69 Å². The third-order valence-electron chi connectivity index (χ3n) is 5.22. The minimum Gasteiger partial charge on any atom is -0.355 e. The Bertz CT molecular complexity index is 692. The van der Waals surface area contributed by atoms with Crippen molar-refractivity contribution in [2.75, 3.05) is 19.6 Å². The van der Waals surface area contributed by atoms with E-state index in [4.69, 9.17) is 0 Å². The molecule has 1 aliphatic rings. The monoisotopic (exact) mass is 371 g/mol. The molecule has 0 radical (unpaired) electrons. The van der Waals surface area contributed by atoms with Crippen LogP contribution in [0.4, 0.5) is 0 Å². The molecule has 1 saturated heterocycles. The summed E-state index contributed by atoms with van der Waals surface area (Å²) in [6.07, 6.45) is 3.75. The zero-order valence-electron chi connectivity index (χ0n) is 15.8. The highest BCUT2D eigenvalue weighted by Crippen LogP contribution is 2.22. The van der Waals surface area contributed by atoms with Crippen LogP contribution in [0.1, 0.15) is 38.1 Å². The van der Waals surface area contributed by atoms with Gasteiger partial charge in [0, 0.05) is 36.4 Å². The summed E-state index contributed by atoms with van der Waals surface area (Å²) in [4.78, 5) is 19.3. The summed E-state index contributed by atoms with van der Waals surface area (Å²) in [5.74, 6) is 0.964. The summed E-state index contributed by atoms with van der Waals surface area (Å²) >= 11 is 1.63. The summed E-state index contributed by atoms with van der Waals surface area (Å²) in [6, 6.07) is 10.6. The number of piperidine rings is 1. The fourth-order valence-corrected chi connectivity index (χ4v) is 4.14. The van der Waals surface area contributed by atoms with Crippen LogP contribution < -0.4 is 5.32 Å². The molecule has 1 atom stereocenters. The number of thiazole rings is 1. The van der Waals surface area contributed by atoms with Crippen molar-refractivity contribution in [2.45, 2.75) is 45.6 Å². The highest BCUT2D eigenvalue weighted by atomic mass is 32.1. The van der Waals surface area contributed by atoms with Crippen LogP contribution >= 0.6 is 11.3 Å². The number of carbonyl (C=O) groups is 1. The standard InChI is InChI=1S/C21H29N3OS/c1-16-10-12-24(13-11-16)17(2)14-22-20(25)8-9-21-23-19(15-26-21)18-6-4-3-5-7-18/h3-7,15-17H,8-14H2,1-2H3,(H,22,25). The van der Waals surface area contributed by atoms with E-state index in [1.807, 2.05) is 18.2 Å². The molecule has 4 nitrogen and oxygen atoms in total. The molecule has 3 rings (SSSR count). The molecule has 0 saturated carbocycles. The molecular formula is C21H29N3OS. The number of aromatic nitrogens is 1. The molecule has 1 aromatic heterocycles. The van der Waals surface area contributed by atoms with Crippen LogP contribution in [0.25, 0.3) is 11.3 Å². The molecule has 1 unspecified atom stereocenters. The van der Waals surface area contributed by atoms with Crippen LogP contribution in [0.5, 0.6) is 0 Å². The summed E-state index contributed by atoms with van der Waals surface area (Å²) in [7, 11) is 0. The number of amides is 1. The lowest BCUT2D eigenvalue weighted by molar-refractivity contribution is -0.121. The van der Waals surface area contributed by atoms with Crippen LogP contribution in [0.15, 0.2) is 35.7 Å². The molecule has 2 heterocycles. The Morgan fingerprint density at radius 3 is 2.77 bits per heavy atom. The third-order valence-corrected chi connectivity index (χ3v) is 6.13. The maximum absolute atomic E-state index is 12.2. The van der Waals surface area contributed by atoms with Gasteiger partial charge in [-0.2, -0.15) is 0 Å². The van der Waals surface area contributed by atoms with E-state index in [9.17, 15) is 4.79 Å². The first-order chi connectivity index (χ1) is 12.6. The van der Waals surface area contributed by atoms with Crippen molar-refractivity contribution in [1.29, 1.82) is 0 Å². The molecule has 1 N–H and O–H groups in total. The lowest BCUT2D eigenvalue weighted by Crippen LogP contribution is -2.45. The number of nitrogens with zero attached hydrogens (tertiary/aromatic N) is 2. The van der Waals surface area contributed by atoms with Gasteiger partial charge in [-0.25, -0.2) is 4.98 Å². The maximum atomic E-state index is 12.2. The summed E-state index contributed by atoms with van der Waals surface area (Å²) in [5.41, 5.74) is 2.13. The van der Waals surface area contributed by atoms with E-state index in [0.29, 0.717) is 18.9 Å². The van der Waals surface area contributed by atoms with Gasteiger partial charge in [-0.05, 0) is 38.8 Å². The number of hydrogen-bond acceptors (Lipinski definition) is 4. The molecule has 140 valence electrons. The Kier molecular flexibility index (Phi) is 6.80. The van der Waals surface area contributed by atoms with E-state index in [-0.39, 0.29) is 5.91 Å². The summed E-state index contributed by atoms with van der Waals surface area (Å²) < 4.78 is 0. The second-order valence-corrected chi connectivity index (χ2v) is 8.31. The number of hydrogen-bond donors (Lipinski definition) is 1. The van der Waals surface area contributed by atoms with E-state index in [1.54, 1.807) is 11.3 Å². The lowest BCUT2D eigenvalue weighted by atomic mass is 9.98. The minimum atomic E-state index is 0.124.